The van der Waals surface area contributed by atoms with Crippen molar-refractivity contribution in [2.24, 2.45) is 0 Å². The van der Waals surface area contributed by atoms with Gasteiger partial charge in [0.15, 0.2) is 0 Å². The fourth-order valence-electron chi connectivity index (χ4n) is 1.61. The van der Waals surface area contributed by atoms with E-state index in [0.717, 1.165) is 0 Å². The zero-order valence-electron chi connectivity index (χ0n) is 10.4. The van der Waals surface area contributed by atoms with E-state index in [2.05, 4.69) is 0 Å². The van der Waals surface area contributed by atoms with Crippen molar-refractivity contribution in [2.75, 3.05) is 27.4 Å². The second kappa shape index (κ2) is 5.59. The SMILES string of the molecule is CCOC1(OC)C=CC(OC)(OCC)C=C1. The molecular weight excluding hydrogens is 208 g/mol. The summed E-state index contributed by atoms with van der Waals surface area (Å²) < 4.78 is 21.7. The molecular formula is C12H20O4. The maximum Gasteiger partial charge on any atom is 0.208 e. The molecule has 0 heterocycles. The highest BCUT2D eigenvalue weighted by Gasteiger charge is 2.34. The molecule has 16 heavy (non-hydrogen) atoms. The summed E-state index contributed by atoms with van der Waals surface area (Å²) >= 11 is 0. The third-order valence-corrected chi connectivity index (χ3v) is 2.47. The number of hydrogen-bond acceptors (Lipinski definition) is 4. The van der Waals surface area contributed by atoms with Crippen LogP contribution in [0.4, 0.5) is 0 Å². The minimum Gasteiger partial charge on any atom is -0.346 e. The molecule has 0 radical (unpaired) electrons. The van der Waals surface area contributed by atoms with Crippen LogP contribution in [0.25, 0.3) is 0 Å². The second-order valence-electron chi connectivity index (χ2n) is 3.38. The van der Waals surface area contributed by atoms with Crippen molar-refractivity contribution in [2.45, 2.75) is 25.4 Å². The molecule has 0 unspecified atom stereocenters. The van der Waals surface area contributed by atoms with Crippen LogP contribution in [-0.2, 0) is 18.9 Å². The number of hydrogen-bond donors (Lipinski definition) is 0. The maximum atomic E-state index is 5.53. The monoisotopic (exact) mass is 228 g/mol. The lowest BCUT2D eigenvalue weighted by Crippen LogP contribution is -2.39. The topological polar surface area (TPSA) is 36.9 Å². The predicted molar refractivity (Wildman–Crippen MR) is 61.0 cm³/mol. The van der Waals surface area contributed by atoms with Crippen LogP contribution in [0.2, 0.25) is 0 Å². The molecule has 1 aliphatic carbocycles. The van der Waals surface area contributed by atoms with Crippen molar-refractivity contribution in [3.05, 3.63) is 24.3 Å². The highest BCUT2D eigenvalue weighted by molar-refractivity contribution is 5.24. The molecule has 0 fully saturated rings. The lowest BCUT2D eigenvalue weighted by Gasteiger charge is -2.34. The van der Waals surface area contributed by atoms with Crippen LogP contribution >= 0.6 is 0 Å². The fraction of sp³-hybridized carbons (Fsp3) is 0.667. The summed E-state index contributed by atoms with van der Waals surface area (Å²) in [5.74, 6) is -1.60. The zero-order valence-corrected chi connectivity index (χ0v) is 10.4. The van der Waals surface area contributed by atoms with Crippen LogP contribution in [0, 0.1) is 0 Å². The van der Waals surface area contributed by atoms with Gasteiger partial charge >= 0.3 is 0 Å². The Morgan fingerprint density at radius 2 is 1.06 bits per heavy atom. The van der Waals surface area contributed by atoms with Crippen LogP contribution in [0.3, 0.4) is 0 Å². The Morgan fingerprint density at radius 3 is 1.25 bits per heavy atom. The van der Waals surface area contributed by atoms with Crippen molar-refractivity contribution >= 4 is 0 Å². The molecule has 0 N–H and O–H groups in total. The quantitative estimate of drug-likeness (QED) is 0.513. The molecule has 0 aromatic rings. The van der Waals surface area contributed by atoms with Crippen LogP contribution in [0.5, 0.6) is 0 Å². The summed E-state index contributed by atoms with van der Waals surface area (Å²) in [5, 5.41) is 0. The molecule has 0 amide bonds. The first kappa shape index (κ1) is 13.4. The minimum atomic E-state index is -0.798. The largest absolute Gasteiger partial charge is 0.346 e. The van der Waals surface area contributed by atoms with E-state index in [1.165, 1.54) is 0 Å². The smallest absolute Gasteiger partial charge is 0.208 e. The van der Waals surface area contributed by atoms with E-state index < -0.39 is 11.6 Å². The second-order valence-corrected chi connectivity index (χ2v) is 3.38. The predicted octanol–water partition coefficient (Wildman–Crippen LogP) is 1.87. The summed E-state index contributed by atoms with van der Waals surface area (Å²) in [6.45, 7) is 4.97. The van der Waals surface area contributed by atoms with E-state index >= 15 is 0 Å². The summed E-state index contributed by atoms with van der Waals surface area (Å²) in [6.07, 6.45) is 7.20. The molecule has 92 valence electrons. The van der Waals surface area contributed by atoms with E-state index in [1.54, 1.807) is 38.5 Å². The van der Waals surface area contributed by atoms with E-state index in [0.29, 0.717) is 13.2 Å². The molecule has 0 saturated heterocycles. The van der Waals surface area contributed by atoms with Gasteiger partial charge in [-0.05, 0) is 38.2 Å². The summed E-state index contributed by atoms with van der Waals surface area (Å²) in [6, 6.07) is 0. The third kappa shape index (κ3) is 2.71. The number of methoxy groups -OCH3 is 2. The van der Waals surface area contributed by atoms with Gasteiger partial charge in [0.1, 0.15) is 0 Å². The summed E-state index contributed by atoms with van der Waals surface area (Å²) in [5.41, 5.74) is 0. The molecule has 4 heteroatoms. The minimum absolute atomic E-state index is 0.567. The van der Waals surface area contributed by atoms with Crippen molar-refractivity contribution in [1.82, 2.24) is 0 Å². The molecule has 0 saturated carbocycles. The van der Waals surface area contributed by atoms with Gasteiger partial charge in [-0.3, -0.25) is 0 Å². The molecule has 1 rings (SSSR count). The third-order valence-electron chi connectivity index (χ3n) is 2.47. The van der Waals surface area contributed by atoms with Crippen LogP contribution in [0.15, 0.2) is 24.3 Å². The Balaban J connectivity index is 2.83. The summed E-state index contributed by atoms with van der Waals surface area (Å²) in [7, 11) is 3.20. The van der Waals surface area contributed by atoms with Gasteiger partial charge in [-0.1, -0.05) is 0 Å². The van der Waals surface area contributed by atoms with E-state index in [9.17, 15) is 0 Å². The first-order valence-corrected chi connectivity index (χ1v) is 5.45. The molecule has 0 aromatic carbocycles. The first-order valence-electron chi connectivity index (χ1n) is 5.45. The maximum absolute atomic E-state index is 5.53. The lowest BCUT2D eigenvalue weighted by atomic mass is 10.0. The molecule has 0 spiro atoms. The standard InChI is InChI=1S/C12H20O4/c1-5-15-11(13-3)7-9-12(14-4,10-8-11)16-6-2/h7-10H,5-6H2,1-4H3. The van der Waals surface area contributed by atoms with Crippen molar-refractivity contribution < 1.29 is 18.9 Å². The lowest BCUT2D eigenvalue weighted by molar-refractivity contribution is -0.175. The average molecular weight is 228 g/mol. The Kier molecular flexibility index (Phi) is 4.68. The van der Waals surface area contributed by atoms with E-state index in [4.69, 9.17) is 18.9 Å². The van der Waals surface area contributed by atoms with Gasteiger partial charge in [0, 0.05) is 27.4 Å². The molecule has 0 aliphatic heterocycles. The Labute approximate surface area is 96.8 Å². The van der Waals surface area contributed by atoms with Gasteiger partial charge in [-0.2, -0.15) is 0 Å². The number of rotatable bonds is 6. The van der Waals surface area contributed by atoms with E-state index in [-0.39, 0.29) is 0 Å². The van der Waals surface area contributed by atoms with Gasteiger partial charge in [0.25, 0.3) is 0 Å². The average Bonchev–Trinajstić information content (AvgIpc) is 2.33. The first-order chi connectivity index (χ1) is 7.66. The van der Waals surface area contributed by atoms with Crippen LogP contribution < -0.4 is 0 Å². The zero-order chi connectivity index (χ0) is 12.1. The van der Waals surface area contributed by atoms with Crippen molar-refractivity contribution in [3.63, 3.8) is 0 Å². The van der Waals surface area contributed by atoms with Crippen molar-refractivity contribution in [1.29, 1.82) is 0 Å². The normalized spacial score (nSPS) is 33.2. The van der Waals surface area contributed by atoms with Gasteiger partial charge in [0.05, 0.1) is 0 Å². The Hall–Kier alpha value is -0.680. The van der Waals surface area contributed by atoms with Gasteiger partial charge in [0.2, 0.25) is 11.6 Å². The van der Waals surface area contributed by atoms with Gasteiger partial charge in [-0.25, -0.2) is 0 Å². The molecule has 0 aromatic heterocycles. The van der Waals surface area contributed by atoms with Crippen molar-refractivity contribution in [3.8, 4) is 0 Å². The van der Waals surface area contributed by atoms with Gasteiger partial charge in [-0.15, -0.1) is 0 Å². The highest BCUT2D eigenvalue weighted by Crippen LogP contribution is 2.28. The molecule has 0 bridgehead atoms. The Morgan fingerprint density at radius 1 is 0.750 bits per heavy atom. The number of ether oxygens (including phenoxy) is 4. The van der Waals surface area contributed by atoms with Crippen LogP contribution in [-0.4, -0.2) is 39.0 Å². The van der Waals surface area contributed by atoms with Crippen LogP contribution in [0.1, 0.15) is 13.8 Å². The summed E-state index contributed by atoms with van der Waals surface area (Å²) in [4.78, 5) is 0. The molecule has 1 aliphatic rings. The highest BCUT2D eigenvalue weighted by atomic mass is 16.7. The molecule has 0 atom stereocenters. The fourth-order valence-corrected chi connectivity index (χ4v) is 1.61. The molecule has 4 nitrogen and oxygen atoms in total. The van der Waals surface area contributed by atoms with Gasteiger partial charge < -0.3 is 18.9 Å². The van der Waals surface area contributed by atoms with E-state index in [1.807, 2.05) is 13.8 Å². The Bertz CT molecular complexity index is 230.